The van der Waals surface area contributed by atoms with Gasteiger partial charge in [0, 0.05) is 23.2 Å². The number of hydrogen-bond donors (Lipinski definition) is 0. The molecule has 0 spiro atoms. The van der Waals surface area contributed by atoms with Crippen molar-refractivity contribution in [3.05, 3.63) is 300 Å². The van der Waals surface area contributed by atoms with Crippen molar-refractivity contribution in [1.82, 2.24) is 0 Å². The molecule has 12 rings (SSSR count). The molecule has 4 heteroatoms. The lowest BCUT2D eigenvalue weighted by atomic mass is 9.63. The molecule has 0 fully saturated rings. The molecule has 8 aromatic carbocycles. The Morgan fingerprint density at radius 3 is 1.38 bits per heavy atom. The molecule has 4 aliphatic carbocycles. The van der Waals surface area contributed by atoms with Crippen LogP contribution in [-0.2, 0) is 0 Å². The summed E-state index contributed by atoms with van der Waals surface area (Å²) in [5.74, 6) is -1.98. The maximum atomic E-state index is 17.3. The van der Waals surface area contributed by atoms with Gasteiger partial charge in [0.2, 0.25) is 0 Å². The molecule has 0 saturated heterocycles. The molecule has 0 N–H and O–H groups in total. The summed E-state index contributed by atoms with van der Waals surface area (Å²) in [4.78, 5) is 3.70. The van der Waals surface area contributed by atoms with Gasteiger partial charge >= 0.3 is 0 Å². The first-order valence-corrected chi connectivity index (χ1v) is 22.3. The molecule has 68 heavy (non-hydrogen) atoms. The highest BCUT2D eigenvalue weighted by molar-refractivity contribution is 5.82. The van der Waals surface area contributed by atoms with Gasteiger partial charge in [-0.3, -0.25) is 0 Å². The summed E-state index contributed by atoms with van der Waals surface area (Å²) in [6.07, 6.45) is 16.2. The maximum Gasteiger partial charge on any atom is 0.147 e. The van der Waals surface area contributed by atoms with Gasteiger partial charge in [-0.2, -0.15) is 0 Å². The zero-order chi connectivity index (χ0) is 54.3. The summed E-state index contributed by atoms with van der Waals surface area (Å²) in [6, 6.07) is 39.3. The van der Waals surface area contributed by atoms with Crippen LogP contribution in [0.3, 0.4) is 0 Å². The molecule has 0 aliphatic heterocycles. The van der Waals surface area contributed by atoms with Gasteiger partial charge in [0.15, 0.2) is 0 Å². The summed E-state index contributed by atoms with van der Waals surface area (Å²) in [7, 11) is 0. The van der Waals surface area contributed by atoms with Gasteiger partial charge < -0.3 is 9.80 Å². The quantitative estimate of drug-likeness (QED) is 0.135. The average molecular weight is 889 g/mol. The molecule has 2 atom stereocenters. The molecule has 0 radical (unpaired) electrons. The van der Waals surface area contributed by atoms with Crippen LogP contribution >= 0.6 is 0 Å². The normalized spacial score (nSPS) is 18.6. The molecule has 0 aromatic heterocycles. The van der Waals surface area contributed by atoms with Crippen LogP contribution in [0.25, 0.3) is 44.5 Å². The number of hydrogen-bond acceptors (Lipinski definition) is 2. The minimum atomic E-state index is -0.685. The average Bonchev–Trinajstić information content (AvgIpc) is 3.60. The molecule has 0 saturated carbocycles. The summed E-state index contributed by atoms with van der Waals surface area (Å²) in [5.41, 5.74) is 10.7. The zero-order valence-electron chi connectivity index (χ0n) is 46.3. The number of halogens is 2. The van der Waals surface area contributed by atoms with Gasteiger partial charge in [0.1, 0.15) is 11.6 Å². The molecule has 0 bridgehead atoms. The number of benzene rings is 8. The van der Waals surface area contributed by atoms with Gasteiger partial charge in [0.05, 0.1) is 36.5 Å². The molecule has 324 valence electrons. The van der Waals surface area contributed by atoms with Crippen LogP contribution in [0.1, 0.15) is 13.7 Å². The van der Waals surface area contributed by atoms with Crippen molar-refractivity contribution in [2.24, 2.45) is 11.8 Å². The monoisotopic (exact) mass is 888 g/mol. The van der Waals surface area contributed by atoms with E-state index in [4.69, 9.17) is 13.7 Å². The molecule has 2 nitrogen and oxygen atoms in total. The lowest BCUT2D eigenvalue weighted by molar-refractivity contribution is 0.550. The van der Waals surface area contributed by atoms with Crippen molar-refractivity contribution in [3.63, 3.8) is 0 Å². The van der Waals surface area contributed by atoms with Crippen molar-refractivity contribution in [2.45, 2.75) is 0 Å². The fourth-order valence-corrected chi connectivity index (χ4v) is 9.81. The highest BCUT2D eigenvalue weighted by Gasteiger charge is 2.43. The van der Waals surface area contributed by atoms with Crippen LogP contribution < -0.4 is 9.80 Å². The zero-order valence-corrected chi connectivity index (χ0v) is 36.3. The molecule has 4 aliphatic rings. The Morgan fingerprint density at radius 1 is 0.382 bits per heavy atom. The lowest BCUT2D eigenvalue weighted by Crippen LogP contribution is -2.35. The number of anilines is 4. The maximum absolute atomic E-state index is 17.3. The third-order valence-electron chi connectivity index (χ3n) is 13.0. The van der Waals surface area contributed by atoms with Crippen LogP contribution in [0.4, 0.5) is 31.5 Å². The van der Waals surface area contributed by atoms with Crippen LogP contribution in [0.2, 0.25) is 0 Å². The third kappa shape index (κ3) is 7.37. The second-order valence-electron chi connectivity index (χ2n) is 16.8. The van der Waals surface area contributed by atoms with Crippen LogP contribution in [-0.4, -0.2) is 0 Å². The van der Waals surface area contributed by atoms with E-state index < -0.39 is 72.1 Å². The van der Waals surface area contributed by atoms with Crippen molar-refractivity contribution < 1.29 is 22.5 Å². The van der Waals surface area contributed by atoms with E-state index in [1.165, 1.54) is 12.1 Å². The minimum absolute atomic E-state index is 0.108. The van der Waals surface area contributed by atoms with E-state index in [0.717, 1.165) is 44.5 Å². The fraction of sp³-hybridized carbons (Fsp3) is 0.0312. The van der Waals surface area contributed by atoms with Gasteiger partial charge in [0.25, 0.3) is 0 Å². The first-order chi connectivity index (χ1) is 37.7. The highest BCUT2D eigenvalue weighted by atomic mass is 19.1. The second kappa shape index (κ2) is 17.3. The number of allylic oxidation sites excluding steroid dienone is 12. The van der Waals surface area contributed by atoms with Crippen LogP contribution in [0.15, 0.2) is 288 Å². The van der Waals surface area contributed by atoms with E-state index in [1.54, 1.807) is 24.3 Å². The summed E-state index contributed by atoms with van der Waals surface area (Å²) in [6.45, 7) is 0. The van der Waals surface area contributed by atoms with Crippen LogP contribution in [0, 0.1) is 23.5 Å². The molecule has 2 unspecified atom stereocenters. The Bertz CT molecular complexity index is 3990. The van der Waals surface area contributed by atoms with E-state index in [0.29, 0.717) is 22.8 Å². The van der Waals surface area contributed by atoms with E-state index >= 15 is 8.78 Å². The van der Waals surface area contributed by atoms with E-state index in [1.807, 2.05) is 143 Å². The Kier molecular flexibility index (Phi) is 7.98. The summed E-state index contributed by atoms with van der Waals surface area (Å²) < 4.78 is 119. The molecule has 0 heterocycles. The van der Waals surface area contributed by atoms with Gasteiger partial charge in [-0.25, -0.2) is 8.78 Å². The van der Waals surface area contributed by atoms with Gasteiger partial charge in [-0.15, -0.1) is 0 Å². The predicted molar refractivity (Wildman–Crippen MR) is 276 cm³/mol. The van der Waals surface area contributed by atoms with E-state index in [9.17, 15) is 0 Å². The van der Waals surface area contributed by atoms with Crippen LogP contribution in [0.5, 0.6) is 0 Å². The summed E-state index contributed by atoms with van der Waals surface area (Å²) >= 11 is 0. The Labute approximate surface area is 410 Å². The third-order valence-corrected chi connectivity index (χ3v) is 13.0. The second-order valence-corrected chi connectivity index (χ2v) is 16.8. The number of nitrogens with zero attached hydrogens (tertiary/aromatic N) is 2. The molecule has 8 aromatic rings. The molecule has 0 amide bonds. The summed E-state index contributed by atoms with van der Waals surface area (Å²) in [5, 5.41) is 0. The first kappa shape index (κ1) is 31.3. The van der Waals surface area contributed by atoms with Crippen molar-refractivity contribution in [3.8, 4) is 44.5 Å². The van der Waals surface area contributed by atoms with Crippen molar-refractivity contribution >= 4 is 22.7 Å². The highest BCUT2D eigenvalue weighted by Crippen LogP contribution is 2.54. The van der Waals surface area contributed by atoms with Gasteiger partial charge in [-0.1, -0.05) is 194 Å². The largest absolute Gasteiger partial charge is 0.307 e. The Hall–Kier alpha value is -8.60. The Morgan fingerprint density at radius 2 is 0.838 bits per heavy atom. The smallest absolute Gasteiger partial charge is 0.147 e. The topological polar surface area (TPSA) is 6.48 Å². The van der Waals surface area contributed by atoms with Gasteiger partial charge in [-0.05, 0) is 127 Å². The molecular weight excluding hydrogens is 835 g/mol. The van der Waals surface area contributed by atoms with Crippen molar-refractivity contribution in [1.29, 1.82) is 0 Å². The lowest BCUT2D eigenvalue weighted by Gasteiger charge is -2.45. The SMILES string of the molecule is [2H]c1c([2H])c([2H])c(-c2ccc(N(C3=CC=C4C=CC5=C(N(c6ccc(-c7ccccc7)cc6)c6ccc(-c7c([2H])c([2H])c([2H])c([2H])c7[2H])cc6F)C=CC6=CC=C3C4C65)c3ccc(-c4ccccc4)cc3)c(F)c2)c([2H])c1[2H]. The fourth-order valence-electron chi connectivity index (χ4n) is 9.81. The van der Waals surface area contributed by atoms with E-state index in [-0.39, 0.29) is 45.5 Å². The van der Waals surface area contributed by atoms with E-state index in [2.05, 4.69) is 24.3 Å². The standard InChI is InChI=1S/C64H44F2N2/c65-57-41-51(45-17-9-3-10-18-45)29-39-61(57)67(53-31-21-47(22-32-53)43-13-5-1-6-14-43)59-37-27-49-26-36-56-60(38-28-50-25-35-55(59)63(49)64(50)56)68(54-33-23-48(24-34-54)44-15-7-2-8-16-44)62-40-30-52(42-58(62)66)46-19-11-4-12-20-46/h1-42,63-64H/i3D,4D,9D,10D,11D,12D,17D,18D,19D,20D. The van der Waals surface area contributed by atoms with Crippen molar-refractivity contribution in [2.75, 3.05) is 9.80 Å². The number of rotatable bonds is 10. The minimum Gasteiger partial charge on any atom is -0.307 e. The first-order valence-electron chi connectivity index (χ1n) is 27.3. The Balaban J connectivity index is 0.986. The predicted octanol–water partition coefficient (Wildman–Crippen LogP) is 16.9. The molecular formula is C64H44F2N2.